The van der Waals surface area contributed by atoms with Crippen LogP contribution in [0.2, 0.25) is 0 Å². The number of hydrogen-bond acceptors (Lipinski definition) is 7. The first kappa shape index (κ1) is 24.4. The second kappa shape index (κ2) is 11.9. The number of hydrogen-bond donors (Lipinski definition) is 3. The van der Waals surface area contributed by atoms with E-state index in [0.29, 0.717) is 0 Å². The molecular formula is C19H30N2O6. The number of rotatable bonds is 7. The fourth-order valence-corrected chi connectivity index (χ4v) is 2.27. The fraction of sp³-hybridized carbons (Fsp3) is 0.526. The number of carboxylic acids is 1. The molecule has 0 saturated carbocycles. The summed E-state index contributed by atoms with van der Waals surface area (Å²) >= 11 is 0. The lowest BCUT2D eigenvalue weighted by molar-refractivity contribution is -0.166. The van der Waals surface area contributed by atoms with Gasteiger partial charge in [0.2, 0.25) is 0 Å². The van der Waals surface area contributed by atoms with E-state index in [0.717, 1.165) is 16.8 Å². The van der Waals surface area contributed by atoms with Gasteiger partial charge < -0.3 is 25.6 Å². The van der Waals surface area contributed by atoms with E-state index < -0.39 is 30.1 Å². The van der Waals surface area contributed by atoms with Crippen LogP contribution >= 0.6 is 0 Å². The van der Waals surface area contributed by atoms with Crippen molar-refractivity contribution >= 4 is 23.6 Å². The Bertz CT molecular complexity index is 637. The number of ether oxygens (including phenoxy) is 2. The molecule has 0 bridgehead atoms. The van der Waals surface area contributed by atoms with E-state index in [1.54, 1.807) is 13.8 Å². The predicted molar refractivity (Wildman–Crippen MR) is 103 cm³/mol. The van der Waals surface area contributed by atoms with Gasteiger partial charge in [-0.2, -0.15) is 0 Å². The van der Waals surface area contributed by atoms with Gasteiger partial charge >= 0.3 is 17.9 Å². The van der Waals surface area contributed by atoms with E-state index in [9.17, 15) is 14.4 Å². The minimum atomic E-state index is -0.968. The summed E-state index contributed by atoms with van der Waals surface area (Å²) < 4.78 is 9.94. The van der Waals surface area contributed by atoms with Gasteiger partial charge in [-0.1, -0.05) is 17.7 Å². The third-order valence-corrected chi connectivity index (χ3v) is 3.48. The van der Waals surface area contributed by atoms with Crippen LogP contribution < -0.4 is 11.1 Å². The number of esters is 2. The van der Waals surface area contributed by atoms with Crippen LogP contribution in [0, 0.1) is 20.8 Å². The van der Waals surface area contributed by atoms with Crippen molar-refractivity contribution in [2.45, 2.75) is 53.7 Å². The van der Waals surface area contributed by atoms with Gasteiger partial charge in [-0.25, -0.2) is 9.59 Å². The average Bonchev–Trinajstić information content (AvgIpc) is 2.58. The molecule has 27 heavy (non-hydrogen) atoms. The molecule has 152 valence electrons. The maximum absolute atomic E-state index is 12.1. The van der Waals surface area contributed by atoms with Gasteiger partial charge in [0.05, 0.1) is 13.2 Å². The van der Waals surface area contributed by atoms with Crippen LogP contribution in [0.1, 0.15) is 37.5 Å². The highest BCUT2D eigenvalue weighted by molar-refractivity contribution is 5.83. The van der Waals surface area contributed by atoms with E-state index in [4.69, 9.17) is 14.6 Å². The normalized spacial score (nSPS) is 12.1. The van der Waals surface area contributed by atoms with Gasteiger partial charge in [-0.15, -0.1) is 0 Å². The first-order valence-corrected chi connectivity index (χ1v) is 8.66. The van der Waals surface area contributed by atoms with Crippen molar-refractivity contribution < 1.29 is 29.0 Å². The van der Waals surface area contributed by atoms with Crippen LogP contribution in [0.3, 0.4) is 0 Å². The Kier molecular flexibility index (Phi) is 10.7. The van der Waals surface area contributed by atoms with Crippen LogP contribution in [-0.2, 0) is 23.9 Å². The molecule has 1 aromatic rings. The first-order chi connectivity index (χ1) is 12.5. The SMILES string of the molecule is CCOC(=O)C(C)OC(=O)[C@H](C)Nc1c(C)cc(C)cc1C.NCC(=O)O. The highest BCUT2D eigenvalue weighted by atomic mass is 16.6. The monoisotopic (exact) mass is 382 g/mol. The Morgan fingerprint density at radius 1 is 1.11 bits per heavy atom. The summed E-state index contributed by atoms with van der Waals surface area (Å²) in [5, 5.41) is 10.8. The Labute approximate surface area is 160 Å². The van der Waals surface area contributed by atoms with E-state index >= 15 is 0 Å². The molecule has 0 aliphatic rings. The zero-order valence-corrected chi connectivity index (χ0v) is 16.8. The van der Waals surface area contributed by atoms with E-state index in [1.807, 2.05) is 20.8 Å². The van der Waals surface area contributed by atoms with Crippen LogP contribution in [0.5, 0.6) is 0 Å². The van der Waals surface area contributed by atoms with Crippen LogP contribution in [0.4, 0.5) is 5.69 Å². The first-order valence-electron chi connectivity index (χ1n) is 8.66. The number of carbonyl (C=O) groups excluding carboxylic acids is 2. The molecule has 0 heterocycles. The van der Waals surface area contributed by atoms with Crippen molar-refractivity contribution in [2.24, 2.45) is 5.73 Å². The van der Waals surface area contributed by atoms with Crippen molar-refractivity contribution in [3.8, 4) is 0 Å². The lowest BCUT2D eigenvalue weighted by atomic mass is 10.0. The largest absolute Gasteiger partial charge is 0.480 e. The van der Waals surface area contributed by atoms with Crippen molar-refractivity contribution in [1.29, 1.82) is 0 Å². The number of anilines is 1. The summed E-state index contributed by atoms with van der Waals surface area (Å²) in [6, 6.07) is 3.54. The molecule has 0 saturated heterocycles. The maximum atomic E-state index is 12.1. The topological polar surface area (TPSA) is 128 Å². The van der Waals surface area contributed by atoms with Gasteiger partial charge in [0, 0.05) is 5.69 Å². The number of carboxylic acid groups (broad SMARTS) is 1. The number of nitrogens with one attached hydrogen (secondary N) is 1. The molecule has 8 nitrogen and oxygen atoms in total. The number of carbonyl (C=O) groups is 3. The van der Waals surface area contributed by atoms with Crippen molar-refractivity contribution in [1.82, 2.24) is 0 Å². The van der Waals surface area contributed by atoms with Crippen LogP contribution in [0.15, 0.2) is 12.1 Å². The Hall–Kier alpha value is -2.61. The van der Waals surface area contributed by atoms with E-state index in [1.165, 1.54) is 12.5 Å². The van der Waals surface area contributed by atoms with Crippen molar-refractivity contribution in [2.75, 3.05) is 18.5 Å². The fourth-order valence-electron chi connectivity index (χ4n) is 2.27. The molecule has 1 unspecified atom stereocenters. The van der Waals surface area contributed by atoms with Gasteiger partial charge in [0.1, 0.15) is 6.04 Å². The smallest absolute Gasteiger partial charge is 0.347 e. The van der Waals surface area contributed by atoms with Crippen LogP contribution in [0.25, 0.3) is 0 Å². The number of aliphatic carboxylic acids is 1. The zero-order valence-electron chi connectivity index (χ0n) is 16.8. The summed E-state index contributed by atoms with van der Waals surface area (Å²) in [4.78, 5) is 32.8. The summed E-state index contributed by atoms with van der Waals surface area (Å²) in [7, 11) is 0. The van der Waals surface area contributed by atoms with Gasteiger partial charge in [-0.05, 0) is 52.7 Å². The summed E-state index contributed by atoms with van der Waals surface area (Å²) in [6.07, 6.45) is -0.906. The number of aryl methyl sites for hydroxylation is 3. The van der Waals surface area contributed by atoms with Crippen molar-refractivity contribution in [3.05, 3.63) is 28.8 Å². The standard InChI is InChI=1S/C17H25NO4.C2H5NO2/c1-7-21-17(20)14(6)22-16(19)13(5)18-15-11(3)8-10(2)9-12(15)4;3-1-2(4)5/h8-9,13-14,18H,7H2,1-6H3;1,3H2,(H,4,5)/t13-,14?;/m0./s1. The molecule has 2 atom stereocenters. The molecule has 0 spiro atoms. The second-order valence-electron chi connectivity index (χ2n) is 6.07. The van der Waals surface area contributed by atoms with E-state index in [-0.39, 0.29) is 13.2 Å². The molecule has 0 fully saturated rings. The zero-order chi connectivity index (χ0) is 21.1. The lowest BCUT2D eigenvalue weighted by Gasteiger charge is -2.20. The number of benzene rings is 1. The Morgan fingerprint density at radius 3 is 2.00 bits per heavy atom. The Balaban J connectivity index is 0.00000119. The molecule has 4 N–H and O–H groups in total. The predicted octanol–water partition coefficient (Wildman–Crippen LogP) is 1.94. The molecule has 8 heteroatoms. The molecule has 0 radical (unpaired) electrons. The summed E-state index contributed by atoms with van der Waals surface area (Å²) in [6.45, 7) is 10.9. The maximum Gasteiger partial charge on any atom is 0.347 e. The number of nitrogens with two attached hydrogens (primary N) is 1. The molecular weight excluding hydrogens is 352 g/mol. The molecule has 0 aromatic heterocycles. The molecule has 0 aliphatic carbocycles. The summed E-state index contributed by atoms with van der Waals surface area (Å²) in [5.74, 6) is -1.99. The molecule has 1 rings (SSSR count). The van der Waals surface area contributed by atoms with E-state index in [2.05, 4.69) is 23.2 Å². The van der Waals surface area contributed by atoms with Crippen molar-refractivity contribution in [3.63, 3.8) is 0 Å². The quantitative estimate of drug-likeness (QED) is 0.610. The third kappa shape index (κ3) is 9.05. The molecule has 1 aromatic carbocycles. The second-order valence-corrected chi connectivity index (χ2v) is 6.07. The third-order valence-electron chi connectivity index (χ3n) is 3.48. The Morgan fingerprint density at radius 2 is 1.59 bits per heavy atom. The van der Waals surface area contributed by atoms with Gasteiger partial charge in [-0.3, -0.25) is 4.79 Å². The average molecular weight is 382 g/mol. The lowest BCUT2D eigenvalue weighted by Crippen LogP contribution is -2.34. The molecule has 0 aliphatic heterocycles. The minimum Gasteiger partial charge on any atom is -0.480 e. The minimum absolute atomic E-state index is 0.260. The molecule has 0 amide bonds. The van der Waals surface area contributed by atoms with Crippen LogP contribution in [-0.4, -0.2) is 48.3 Å². The summed E-state index contributed by atoms with van der Waals surface area (Å²) in [5.41, 5.74) is 8.79. The highest BCUT2D eigenvalue weighted by Crippen LogP contribution is 2.22. The van der Waals surface area contributed by atoms with Gasteiger partial charge in [0.15, 0.2) is 6.10 Å². The highest BCUT2D eigenvalue weighted by Gasteiger charge is 2.23. The van der Waals surface area contributed by atoms with Gasteiger partial charge in [0.25, 0.3) is 0 Å².